The summed E-state index contributed by atoms with van der Waals surface area (Å²) in [6, 6.07) is 13.2. The van der Waals surface area contributed by atoms with Crippen molar-refractivity contribution in [3.8, 4) is 0 Å². The second kappa shape index (κ2) is 5.43. The normalized spacial score (nSPS) is 13.6. The summed E-state index contributed by atoms with van der Waals surface area (Å²) in [4.78, 5) is 0.399. The maximum absolute atomic E-state index is 13.7. The molecular weight excluding hydrogens is 322 g/mol. The number of nitrogens with zero attached hydrogens (tertiary/aromatic N) is 2. The van der Waals surface area contributed by atoms with E-state index in [4.69, 9.17) is 0 Å². The molecule has 0 unspecified atom stereocenters. The van der Waals surface area contributed by atoms with Crippen LogP contribution in [0.15, 0.2) is 47.4 Å². The van der Waals surface area contributed by atoms with Gasteiger partial charge >= 0.3 is 0 Å². The fourth-order valence-corrected chi connectivity index (χ4v) is 4.89. The number of benzene rings is 2. The zero-order chi connectivity index (χ0) is 17.6. The van der Waals surface area contributed by atoms with Crippen LogP contribution in [0.1, 0.15) is 18.3 Å². The highest BCUT2D eigenvalue weighted by atomic mass is 32.3. The van der Waals surface area contributed by atoms with Crippen LogP contribution in [0.25, 0.3) is 10.8 Å². The highest BCUT2D eigenvalue weighted by Crippen LogP contribution is 2.37. The molecule has 0 spiro atoms. The first-order valence-electron chi connectivity index (χ1n) is 7.91. The molecule has 0 aliphatic heterocycles. The van der Waals surface area contributed by atoms with Crippen LogP contribution in [0.5, 0.6) is 0 Å². The lowest BCUT2D eigenvalue weighted by molar-refractivity contribution is 0.519. The number of hydrogen-bond acceptors (Lipinski definition) is 2. The van der Waals surface area contributed by atoms with Gasteiger partial charge in [0.1, 0.15) is 0 Å². The first-order chi connectivity index (χ1) is 11.2. The Morgan fingerprint density at radius 3 is 2.42 bits per heavy atom. The summed E-state index contributed by atoms with van der Waals surface area (Å²) in [7, 11) is -2.44. The molecule has 1 heterocycles. The molecule has 0 aliphatic rings. The molecule has 3 rings (SSSR count). The van der Waals surface area contributed by atoms with E-state index in [1.807, 2.05) is 51.2 Å². The lowest BCUT2D eigenvalue weighted by Gasteiger charge is -2.44. The van der Waals surface area contributed by atoms with Gasteiger partial charge in [-0.3, -0.25) is 14.0 Å². The number of anilines is 1. The Balaban J connectivity index is 2.16. The number of aryl methyl sites for hydroxylation is 2. The van der Waals surface area contributed by atoms with E-state index in [0.717, 1.165) is 16.5 Å². The third kappa shape index (κ3) is 2.61. The van der Waals surface area contributed by atoms with Crippen LogP contribution in [0.4, 0.5) is 5.69 Å². The van der Waals surface area contributed by atoms with E-state index in [1.165, 1.54) is 0 Å². The van der Waals surface area contributed by atoms with Gasteiger partial charge in [-0.15, -0.1) is 9.53 Å². The number of nitrogens with one attached hydrogen (secondary N) is 1. The minimum absolute atomic E-state index is 0.0727. The minimum atomic E-state index is -4.26. The third-order valence-corrected chi connectivity index (χ3v) is 7.49. The van der Waals surface area contributed by atoms with Crippen LogP contribution in [0.3, 0.4) is 0 Å². The topological polar surface area (TPSA) is 67.2 Å². The SMILES string of the molecule is CCS(=O)(O)(Nc1c(C)nn(C)c1C)c1ccc2ccccc2c1. The molecule has 0 saturated carbocycles. The van der Waals surface area contributed by atoms with Gasteiger partial charge in [-0.1, -0.05) is 30.3 Å². The highest BCUT2D eigenvalue weighted by molar-refractivity contribution is 8.16. The van der Waals surface area contributed by atoms with Crippen molar-refractivity contribution in [2.45, 2.75) is 25.7 Å². The molecule has 2 N–H and O–H groups in total. The van der Waals surface area contributed by atoms with Crippen molar-refractivity contribution >= 4 is 26.0 Å². The third-order valence-electron chi connectivity index (χ3n) is 4.56. The van der Waals surface area contributed by atoms with Crippen molar-refractivity contribution in [3.63, 3.8) is 0 Å². The molecule has 1 aromatic heterocycles. The van der Waals surface area contributed by atoms with Gasteiger partial charge < -0.3 is 0 Å². The van der Waals surface area contributed by atoms with E-state index >= 15 is 0 Å². The van der Waals surface area contributed by atoms with Crippen LogP contribution in [0.2, 0.25) is 0 Å². The van der Waals surface area contributed by atoms with Gasteiger partial charge in [0, 0.05) is 7.05 Å². The van der Waals surface area contributed by atoms with Crippen molar-refractivity contribution in [1.82, 2.24) is 9.78 Å². The second-order valence-electron chi connectivity index (χ2n) is 6.13. The molecule has 0 atom stereocenters. The molecule has 0 radical (unpaired) electrons. The summed E-state index contributed by atoms with van der Waals surface area (Å²) in [6.45, 7) is 5.43. The summed E-state index contributed by atoms with van der Waals surface area (Å²) in [5, 5.41) is 6.31. The molecule has 128 valence electrons. The van der Waals surface area contributed by atoms with Crippen LogP contribution in [-0.4, -0.2) is 24.3 Å². The molecular formula is C18H23N3O2S. The zero-order valence-corrected chi connectivity index (χ0v) is 15.2. The molecule has 0 fully saturated rings. The number of hydrogen-bond donors (Lipinski definition) is 2. The quantitative estimate of drug-likeness (QED) is 0.754. The molecule has 5 nitrogen and oxygen atoms in total. The Morgan fingerprint density at radius 1 is 1.17 bits per heavy atom. The number of rotatable bonds is 4. The average Bonchev–Trinajstić information content (AvgIpc) is 2.81. The van der Waals surface area contributed by atoms with Crippen LogP contribution in [-0.2, 0) is 16.6 Å². The van der Waals surface area contributed by atoms with Gasteiger partial charge in [-0.05, 0) is 43.7 Å². The number of fused-ring (bicyclic) bond motifs is 1. The molecule has 0 aliphatic carbocycles. The van der Waals surface area contributed by atoms with Gasteiger partial charge in [0.2, 0.25) is 0 Å². The van der Waals surface area contributed by atoms with Crippen molar-refractivity contribution in [2.75, 3.05) is 10.5 Å². The summed E-state index contributed by atoms with van der Waals surface area (Å²) in [6.07, 6.45) is 0. The van der Waals surface area contributed by atoms with E-state index in [9.17, 15) is 8.76 Å². The minimum Gasteiger partial charge on any atom is -0.283 e. The van der Waals surface area contributed by atoms with Crippen molar-refractivity contribution in [3.05, 3.63) is 53.9 Å². The van der Waals surface area contributed by atoms with E-state index in [2.05, 4.69) is 9.82 Å². The number of aromatic nitrogens is 2. The fourth-order valence-electron chi connectivity index (χ4n) is 2.86. The van der Waals surface area contributed by atoms with E-state index in [0.29, 0.717) is 16.3 Å². The molecule has 0 amide bonds. The van der Waals surface area contributed by atoms with E-state index in [1.54, 1.807) is 23.7 Å². The Morgan fingerprint density at radius 2 is 1.83 bits per heavy atom. The van der Waals surface area contributed by atoms with E-state index < -0.39 is 9.53 Å². The van der Waals surface area contributed by atoms with E-state index in [-0.39, 0.29) is 5.75 Å². The van der Waals surface area contributed by atoms with Crippen molar-refractivity contribution < 1.29 is 8.76 Å². The lowest BCUT2D eigenvalue weighted by atomic mass is 10.1. The second-order valence-corrected chi connectivity index (χ2v) is 9.51. The van der Waals surface area contributed by atoms with Gasteiger partial charge in [0.25, 0.3) is 0 Å². The maximum atomic E-state index is 13.7. The van der Waals surface area contributed by atoms with Gasteiger partial charge in [0.05, 0.1) is 27.7 Å². The molecule has 3 aromatic rings. The Bertz CT molecular complexity index is 993. The van der Waals surface area contributed by atoms with Gasteiger partial charge in [-0.2, -0.15) is 9.31 Å². The maximum Gasteiger partial charge on any atom is 0.0971 e. The lowest BCUT2D eigenvalue weighted by Crippen LogP contribution is -2.43. The Labute approximate surface area is 142 Å². The van der Waals surface area contributed by atoms with Crippen LogP contribution < -0.4 is 4.72 Å². The largest absolute Gasteiger partial charge is 0.283 e. The summed E-state index contributed by atoms with van der Waals surface area (Å²) in [5.74, 6) is 0.0727. The smallest absolute Gasteiger partial charge is 0.0971 e. The van der Waals surface area contributed by atoms with Crippen molar-refractivity contribution in [2.24, 2.45) is 7.05 Å². The molecule has 24 heavy (non-hydrogen) atoms. The highest BCUT2D eigenvalue weighted by Gasteiger charge is 2.30. The summed E-state index contributed by atoms with van der Waals surface area (Å²) >= 11 is 0. The molecule has 2 aromatic carbocycles. The Hall–Kier alpha value is -2.18. The Kier molecular flexibility index (Phi) is 3.77. The first-order valence-corrected chi connectivity index (χ1v) is 10.0. The molecule has 6 heteroatoms. The van der Waals surface area contributed by atoms with Gasteiger partial charge in [-0.25, -0.2) is 0 Å². The predicted molar refractivity (Wildman–Crippen MR) is 99.8 cm³/mol. The summed E-state index contributed by atoms with van der Waals surface area (Å²) in [5.41, 5.74) is 2.15. The zero-order valence-electron chi connectivity index (χ0n) is 14.4. The fraction of sp³-hybridized carbons (Fsp3) is 0.278. The molecule has 0 saturated heterocycles. The van der Waals surface area contributed by atoms with Crippen molar-refractivity contribution in [1.29, 1.82) is 0 Å². The molecule has 0 bridgehead atoms. The van der Waals surface area contributed by atoms with Crippen LogP contribution in [0, 0.1) is 13.8 Å². The average molecular weight is 345 g/mol. The monoisotopic (exact) mass is 345 g/mol. The van der Waals surface area contributed by atoms with Crippen LogP contribution >= 0.6 is 0 Å². The summed E-state index contributed by atoms with van der Waals surface area (Å²) < 4.78 is 29.6. The standard InChI is InChI=1S/C18H23N3O2S/c1-5-24(22,23,20-18-13(2)19-21(4)14(18)3)17-11-10-15-8-6-7-9-16(15)12-17/h6-12H,5H2,1-4H3,(H2,20,22,23). The van der Waals surface area contributed by atoms with Gasteiger partial charge in [0.15, 0.2) is 0 Å². The first kappa shape index (κ1) is 16.7. The predicted octanol–water partition coefficient (Wildman–Crippen LogP) is 3.89.